The van der Waals surface area contributed by atoms with Crippen LogP contribution < -0.4 is 5.43 Å². The summed E-state index contributed by atoms with van der Waals surface area (Å²) in [4.78, 5) is 29.1. The highest BCUT2D eigenvalue weighted by Crippen LogP contribution is 2.62. The van der Waals surface area contributed by atoms with E-state index in [4.69, 9.17) is 4.74 Å². The first kappa shape index (κ1) is 14.3. The third kappa shape index (κ3) is 2.11. The van der Waals surface area contributed by atoms with E-state index in [2.05, 4.69) is 18.8 Å². The number of pyridine rings is 1. The summed E-state index contributed by atoms with van der Waals surface area (Å²) >= 11 is 0. The van der Waals surface area contributed by atoms with Gasteiger partial charge in [0.2, 0.25) is 0 Å². The average Bonchev–Trinajstić information content (AvgIpc) is 2.74. The average molecular weight is 290 g/mol. The number of rotatable bonds is 3. The standard InChI is InChI=1S/C16H22N2O3/c1-15(2)8-16(10-21-3)9-18(7-13(15)16)14(20)11-6-17-5-4-12(11)19/h4-6,13H,7-10H2,1-3H3,(H,17,19)/t13-,16-/m1/s1. The molecule has 2 atom stereocenters. The molecule has 5 heteroatoms. The van der Waals surface area contributed by atoms with E-state index in [0.717, 1.165) is 6.42 Å². The Morgan fingerprint density at radius 1 is 1.52 bits per heavy atom. The number of aromatic nitrogens is 1. The van der Waals surface area contributed by atoms with Gasteiger partial charge in [-0.15, -0.1) is 0 Å². The maximum Gasteiger partial charge on any atom is 0.259 e. The minimum atomic E-state index is -0.224. The van der Waals surface area contributed by atoms with E-state index in [0.29, 0.717) is 25.6 Å². The van der Waals surface area contributed by atoms with Crippen molar-refractivity contribution in [1.29, 1.82) is 0 Å². The summed E-state index contributed by atoms with van der Waals surface area (Å²) in [5.41, 5.74) is 0.300. The smallest absolute Gasteiger partial charge is 0.259 e. The molecule has 2 heterocycles. The number of nitrogens with zero attached hydrogens (tertiary/aromatic N) is 1. The van der Waals surface area contributed by atoms with Gasteiger partial charge in [-0.25, -0.2) is 0 Å². The Hall–Kier alpha value is -1.62. The van der Waals surface area contributed by atoms with Crippen LogP contribution in [0.4, 0.5) is 0 Å². The van der Waals surface area contributed by atoms with E-state index in [1.54, 1.807) is 13.3 Å². The summed E-state index contributed by atoms with van der Waals surface area (Å²) in [6.45, 7) is 6.56. The van der Waals surface area contributed by atoms with Crippen LogP contribution in [0.1, 0.15) is 30.6 Å². The second kappa shape index (κ2) is 4.70. The zero-order valence-electron chi connectivity index (χ0n) is 12.8. The summed E-state index contributed by atoms with van der Waals surface area (Å²) < 4.78 is 5.40. The van der Waals surface area contributed by atoms with Crippen LogP contribution in [0.15, 0.2) is 23.3 Å². The molecule has 0 spiro atoms. The van der Waals surface area contributed by atoms with E-state index in [1.165, 1.54) is 12.3 Å². The first-order valence-electron chi connectivity index (χ1n) is 7.35. The zero-order valence-corrected chi connectivity index (χ0v) is 12.8. The molecule has 1 aromatic heterocycles. The van der Waals surface area contributed by atoms with Crippen molar-refractivity contribution in [2.75, 3.05) is 26.8 Å². The van der Waals surface area contributed by atoms with Crippen LogP contribution in [-0.4, -0.2) is 42.6 Å². The normalized spacial score (nSPS) is 29.9. The summed E-state index contributed by atoms with van der Waals surface area (Å²) in [5, 5.41) is 0. The van der Waals surface area contributed by atoms with E-state index >= 15 is 0 Å². The molecule has 0 unspecified atom stereocenters. The Morgan fingerprint density at radius 3 is 2.90 bits per heavy atom. The Labute approximate surface area is 124 Å². The highest BCUT2D eigenvalue weighted by molar-refractivity contribution is 5.94. The number of carbonyl (C=O) groups excluding carboxylic acids is 1. The zero-order chi connectivity index (χ0) is 15.3. The molecule has 1 amide bonds. The van der Waals surface area contributed by atoms with Crippen molar-refractivity contribution in [1.82, 2.24) is 9.88 Å². The molecule has 1 aliphatic carbocycles. The molecule has 1 aromatic rings. The molecular formula is C16H22N2O3. The molecule has 1 aliphatic heterocycles. The number of hydrogen-bond donors (Lipinski definition) is 1. The number of amides is 1. The number of hydrogen-bond acceptors (Lipinski definition) is 3. The van der Waals surface area contributed by atoms with Crippen molar-refractivity contribution < 1.29 is 9.53 Å². The molecule has 0 bridgehead atoms. The Kier molecular flexibility index (Phi) is 3.20. The summed E-state index contributed by atoms with van der Waals surface area (Å²) in [6.07, 6.45) is 4.11. The summed E-state index contributed by atoms with van der Waals surface area (Å²) in [6, 6.07) is 1.40. The van der Waals surface area contributed by atoms with Crippen LogP contribution in [0, 0.1) is 16.7 Å². The molecular weight excluding hydrogens is 268 g/mol. The molecule has 1 saturated heterocycles. The Balaban J connectivity index is 1.85. The molecule has 5 nitrogen and oxygen atoms in total. The van der Waals surface area contributed by atoms with Crippen LogP contribution in [0.5, 0.6) is 0 Å². The largest absolute Gasteiger partial charge is 0.384 e. The molecule has 2 aliphatic rings. The van der Waals surface area contributed by atoms with Gasteiger partial charge in [0.25, 0.3) is 5.91 Å². The van der Waals surface area contributed by atoms with Crippen molar-refractivity contribution in [3.05, 3.63) is 34.2 Å². The van der Waals surface area contributed by atoms with Gasteiger partial charge in [-0.1, -0.05) is 13.8 Å². The van der Waals surface area contributed by atoms with Gasteiger partial charge in [-0.2, -0.15) is 0 Å². The highest BCUT2D eigenvalue weighted by atomic mass is 16.5. The van der Waals surface area contributed by atoms with Gasteiger partial charge in [0.1, 0.15) is 5.56 Å². The molecule has 1 saturated carbocycles. The third-order valence-corrected chi connectivity index (χ3v) is 5.17. The monoisotopic (exact) mass is 290 g/mol. The van der Waals surface area contributed by atoms with Crippen molar-refractivity contribution in [2.45, 2.75) is 20.3 Å². The molecule has 21 heavy (non-hydrogen) atoms. The minimum Gasteiger partial charge on any atom is -0.384 e. The fourth-order valence-corrected chi connectivity index (χ4v) is 4.52. The maximum atomic E-state index is 12.6. The van der Waals surface area contributed by atoms with Crippen LogP contribution in [0.3, 0.4) is 0 Å². The number of likely N-dealkylation sites (tertiary alicyclic amines) is 1. The van der Waals surface area contributed by atoms with Crippen LogP contribution in [0.2, 0.25) is 0 Å². The number of aromatic amines is 1. The summed E-state index contributed by atoms with van der Waals surface area (Å²) in [7, 11) is 1.71. The van der Waals surface area contributed by atoms with Gasteiger partial charge in [-0.3, -0.25) is 9.59 Å². The fraction of sp³-hybridized carbons (Fsp3) is 0.625. The maximum absolute atomic E-state index is 12.6. The number of fused-ring (bicyclic) bond motifs is 1. The van der Waals surface area contributed by atoms with Gasteiger partial charge in [0, 0.05) is 44.1 Å². The second-order valence-electron chi connectivity index (χ2n) is 7.12. The number of nitrogens with one attached hydrogen (secondary N) is 1. The van der Waals surface area contributed by atoms with Crippen LogP contribution in [-0.2, 0) is 4.74 Å². The lowest BCUT2D eigenvalue weighted by Crippen LogP contribution is -2.55. The minimum absolute atomic E-state index is 0.0649. The van der Waals surface area contributed by atoms with Gasteiger partial charge in [0.05, 0.1) is 6.61 Å². The predicted molar refractivity (Wildman–Crippen MR) is 79.2 cm³/mol. The molecule has 1 N–H and O–H groups in total. The topological polar surface area (TPSA) is 62.4 Å². The van der Waals surface area contributed by atoms with Crippen molar-refractivity contribution >= 4 is 5.91 Å². The first-order chi connectivity index (χ1) is 9.89. The molecule has 0 radical (unpaired) electrons. The van der Waals surface area contributed by atoms with E-state index in [1.807, 2.05) is 4.90 Å². The van der Waals surface area contributed by atoms with Gasteiger partial charge in [0.15, 0.2) is 5.43 Å². The molecule has 2 fully saturated rings. The Morgan fingerprint density at radius 2 is 2.29 bits per heavy atom. The molecule has 0 aromatic carbocycles. The quantitative estimate of drug-likeness (QED) is 0.918. The lowest BCUT2D eigenvalue weighted by molar-refractivity contribution is -0.107. The summed E-state index contributed by atoms with van der Waals surface area (Å²) in [5.74, 6) is 0.272. The predicted octanol–water partition coefficient (Wildman–Crippen LogP) is 1.51. The first-order valence-corrected chi connectivity index (χ1v) is 7.35. The fourth-order valence-electron chi connectivity index (χ4n) is 4.52. The van der Waals surface area contributed by atoms with Crippen LogP contribution >= 0.6 is 0 Å². The molecule has 3 rings (SSSR count). The third-order valence-electron chi connectivity index (χ3n) is 5.17. The van der Waals surface area contributed by atoms with E-state index < -0.39 is 0 Å². The lowest BCUT2D eigenvalue weighted by Gasteiger charge is -2.56. The SMILES string of the molecule is COC[C@@]12CN(C(=O)c3c[nH]ccc3=O)C[C@@H]1C(C)(C)C2. The van der Waals surface area contributed by atoms with Crippen LogP contribution in [0.25, 0.3) is 0 Å². The lowest BCUT2D eigenvalue weighted by atomic mass is 9.48. The van der Waals surface area contributed by atoms with Crippen molar-refractivity contribution in [3.8, 4) is 0 Å². The van der Waals surface area contributed by atoms with Gasteiger partial charge >= 0.3 is 0 Å². The number of methoxy groups -OCH3 is 1. The van der Waals surface area contributed by atoms with Gasteiger partial charge in [-0.05, 0) is 17.8 Å². The van der Waals surface area contributed by atoms with Crippen molar-refractivity contribution in [2.24, 2.45) is 16.7 Å². The number of carbonyl (C=O) groups is 1. The Bertz CT molecular complexity index is 622. The second-order valence-corrected chi connectivity index (χ2v) is 7.12. The number of H-pyrrole nitrogens is 1. The van der Waals surface area contributed by atoms with Crippen molar-refractivity contribution in [3.63, 3.8) is 0 Å². The van der Waals surface area contributed by atoms with Gasteiger partial charge < -0.3 is 14.6 Å². The van der Waals surface area contributed by atoms with E-state index in [-0.39, 0.29) is 27.7 Å². The molecule has 114 valence electrons. The van der Waals surface area contributed by atoms with E-state index in [9.17, 15) is 9.59 Å². The highest BCUT2D eigenvalue weighted by Gasteiger charge is 2.63. The number of ether oxygens (including phenoxy) is 1.